The summed E-state index contributed by atoms with van der Waals surface area (Å²) in [5.41, 5.74) is 31.5. The summed E-state index contributed by atoms with van der Waals surface area (Å²) in [4.78, 5) is 67.9. The van der Waals surface area contributed by atoms with Gasteiger partial charge < -0.3 is 65.5 Å². The molecule has 7 atom stereocenters. The van der Waals surface area contributed by atoms with Crippen molar-refractivity contribution in [2.45, 2.75) is 88.2 Å². The zero-order valence-electron chi connectivity index (χ0n) is 30.9. The molecule has 0 spiro atoms. The summed E-state index contributed by atoms with van der Waals surface area (Å²) in [7, 11) is 0. The molecule has 0 saturated carbocycles. The van der Waals surface area contributed by atoms with E-state index in [4.69, 9.17) is 28.7 Å². The van der Waals surface area contributed by atoms with Crippen molar-refractivity contribution in [3.8, 4) is 16.9 Å². The first-order chi connectivity index (χ1) is 25.8. The fourth-order valence-electron chi connectivity index (χ4n) is 6.24. The summed E-state index contributed by atoms with van der Waals surface area (Å²) < 4.78 is 0. The third kappa shape index (κ3) is 13.0. The number of phenolic OH excluding ortho intramolecular Hbond substituents is 1. The first-order valence-corrected chi connectivity index (χ1v) is 18.4. The maximum atomic E-state index is 14.2. The second-order valence-electron chi connectivity index (χ2n) is 13.7. The van der Waals surface area contributed by atoms with Crippen molar-refractivity contribution in [3.05, 3.63) is 53.6 Å². The minimum absolute atomic E-state index is 0.0234. The standard InChI is InChI=1S/C37H58N10O7/c1-21(31(49)20-41)33-37(54)46-29(16-22-5-2-6-23(15-22)24-9-10-30(48)25(17-24)18-27(42)34(51)47-33)36(53)45-28(8-4-12-39)35(52)44-26(7-3-11-38)19-32(50)43-14-13-40/h2,5-6,9-10,15,17,21,26-29,31,33,48-49H,3-4,7-8,11-14,16,18-20,38-42H2,1H3,(H,43,50)(H,44,52)(H,45,53)(H,46,54)(H,47,51)/t21-,26-,27?,28-,29-,31-,33-/m0/s1. The average molecular weight is 755 g/mol. The first kappa shape index (κ1) is 43.8. The molecule has 54 heavy (non-hydrogen) atoms. The van der Waals surface area contributed by atoms with E-state index < -0.39 is 65.9 Å². The molecule has 0 aromatic heterocycles. The van der Waals surface area contributed by atoms with Crippen LogP contribution in [0.4, 0.5) is 0 Å². The fraction of sp³-hybridized carbons (Fsp3) is 0.541. The lowest BCUT2D eigenvalue weighted by molar-refractivity contribution is -0.135. The van der Waals surface area contributed by atoms with Crippen molar-refractivity contribution < 1.29 is 34.2 Å². The van der Waals surface area contributed by atoms with Crippen molar-refractivity contribution in [2.75, 3.05) is 32.7 Å². The van der Waals surface area contributed by atoms with Crippen LogP contribution in [0.2, 0.25) is 0 Å². The normalized spacial score (nSPS) is 19.8. The second-order valence-corrected chi connectivity index (χ2v) is 13.7. The predicted molar refractivity (Wildman–Crippen MR) is 204 cm³/mol. The van der Waals surface area contributed by atoms with Crippen LogP contribution in [-0.2, 0) is 36.8 Å². The number of nitrogens with two attached hydrogens (primary N) is 5. The summed E-state index contributed by atoms with van der Waals surface area (Å²) in [6, 6.07) is 6.67. The van der Waals surface area contributed by atoms with Gasteiger partial charge in [-0.25, -0.2) is 0 Å². The van der Waals surface area contributed by atoms with Crippen LogP contribution in [0.15, 0.2) is 42.5 Å². The highest BCUT2D eigenvalue weighted by Crippen LogP contribution is 2.28. The zero-order valence-corrected chi connectivity index (χ0v) is 30.9. The number of aliphatic hydroxyl groups is 1. The molecule has 4 bridgehead atoms. The van der Waals surface area contributed by atoms with Gasteiger partial charge in [-0.05, 0) is 73.2 Å². The third-order valence-electron chi connectivity index (χ3n) is 9.47. The summed E-state index contributed by atoms with van der Waals surface area (Å²) in [5, 5.41) is 34.9. The van der Waals surface area contributed by atoms with Crippen molar-refractivity contribution in [3.63, 3.8) is 0 Å². The Morgan fingerprint density at radius 3 is 2.28 bits per heavy atom. The Morgan fingerprint density at radius 2 is 1.59 bits per heavy atom. The minimum atomic E-state index is -1.38. The lowest BCUT2D eigenvalue weighted by Gasteiger charge is -2.30. The number of carbonyl (C=O) groups is 5. The van der Waals surface area contributed by atoms with Gasteiger partial charge in [-0.3, -0.25) is 24.0 Å². The van der Waals surface area contributed by atoms with E-state index in [-0.39, 0.29) is 63.5 Å². The number of hydrogen-bond donors (Lipinski definition) is 12. The van der Waals surface area contributed by atoms with Crippen LogP contribution >= 0.6 is 0 Å². The number of benzene rings is 2. The topological polar surface area (TPSA) is 316 Å². The molecule has 17 nitrogen and oxygen atoms in total. The number of aromatic hydroxyl groups is 1. The molecule has 1 aliphatic rings. The van der Waals surface area contributed by atoms with E-state index >= 15 is 0 Å². The van der Waals surface area contributed by atoms with Crippen LogP contribution in [0.1, 0.15) is 50.2 Å². The molecule has 1 unspecified atom stereocenters. The Hall–Kier alpha value is -4.65. The monoisotopic (exact) mass is 754 g/mol. The number of nitrogens with one attached hydrogen (secondary N) is 5. The number of hydrogen-bond acceptors (Lipinski definition) is 12. The van der Waals surface area contributed by atoms with E-state index in [0.717, 1.165) is 5.56 Å². The molecule has 1 heterocycles. The van der Waals surface area contributed by atoms with E-state index in [0.29, 0.717) is 42.5 Å². The number of rotatable bonds is 17. The van der Waals surface area contributed by atoms with Crippen LogP contribution < -0.4 is 55.3 Å². The van der Waals surface area contributed by atoms with Crippen LogP contribution in [-0.4, -0.2) is 109 Å². The zero-order chi connectivity index (χ0) is 39.8. The Balaban J connectivity index is 2.01. The minimum Gasteiger partial charge on any atom is -0.508 e. The molecule has 1 aliphatic heterocycles. The van der Waals surface area contributed by atoms with Gasteiger partial charge in [0.2, 0.25) is 29.5 Å². The van der Waals surface area contributed by atoms with E-state index in [1.54, 1.807) is 24.3 Å². The summed E-state index contributed by atoms with van der Waals surface area (Å²) in [6.45, 7) is 2.41. The molecule has 2 aromatic carbocycles. The molecular formula is C37H58N10O7. The Bertz CT molecular complexity index is 1580. The van der Waals surface area contributed by atoms with Crippen molar-refractivity contribution in [1.82, 2.24) is 26.6 Å². The molecule has 0 fully saturated rings. The van der Waals surface area contributed by atoms with Crippen molar-refractivity contribution >= 4 is 29.5 Å². The average Bonchev–Trinajstić information content (AvgIpc) is 3.16. The van der Waals surface area contributed by atoms with Gasteiger partial charge in [0.1, 0.15) is 23.9 Å². The van der Waals surface area contributed by atoms with Gasteiger partial charge in [0.25, 0.3) is 0 Å². The Kier molecular flexibility index (Phi) is 17.7. The van der Waals surface area contributed by atoms with Gasteiger partial charge in [0.05, 0.1) is 12.1 Å². The smallest absolute Gasteiger partial charge is 0.243 e. The van der Waals surface area contributed by atoms with Gasteiger partial charge in [-0.1, -0.05) is 37.3 Å². The lowest BCUT2D eigenvalue weighted by Crippen LogP contribution is -2.61. The number of aliphatic hydroxyl groups excluding tert-OH is 1. The van der Waals surface area contributed by atoms with Crippen LogP contribution in [0.25, 0.3) is 11.1 Å². The number of phenols is 1. The van der Waals surface area contributed by atoms with E-state index in [1.807, 2.05) is 12.1 Å². The number of carbonyl (C=O) groups excluding carboxylic acids is 5. The molecule has 298 valence electrons. The molecule has 17 N–H and O–H groups in total. The highest BCUT2D eigenvalue weighted by molar-refractivity contribution is 5.95. The maximum absolute atomic E-state index is 14.2. The fourth-order valence-corrected chi connectivity index (χ4v) is 6.24. The van der Waals surface area contributed by atoms with Gasteiger partial charge in [-0.2, -0.15) is 0 Å². The van der Waals surface area contributed by atoms with E-state index in [9.17, 15) is 34.2 Å². The molecule has 0 saturated heterocycles. The molecule has 2 aromatic rings. The maximum Gasteiger partial charge on any atom is 0.243 e. The summed E-state index contributed by atoms with van der Waals surface area (Å²) in [6.07, 6.45) is 0.158. The summed E-state index contributed by atoms with van der Waals surface area (Å²) >= 11 is 0. The molecule has 17 heteroatoms. The highest BCUT2D eigenvalue weighted by Gasteiger charge is 2.36. The van der Waals surface area contributed by atoms with Gasteiger partial charge in [0, 0.05) is 50.9 Å². The SMILES string of the molecule is C[C@H]([C@@H]1NC(=O)C(N)Cc2cc(ccc2O)-c2cccc(c2)C[C@@H](C(=O)N[C@@H](CCCN)C(=O)N[C@@H](CCCN)CC(=O)NCCN)NC1=O)[C@@H](O)CN. The van der Waals surface area contributed by atoms with Gasteiger partial charge in [0.15, 0.2) is 0 Å². The first-order valence-electron chi connectivity index (χ1n) is 18.4. The van der Waals surface area contributed by atoms with Crippen molar-refractivity contribution in [1.29, 1.82) is 0 Å². The second kappa shape index (κ2) is 21.9. The highest BCUT2D eigenvalue weighted by atomic mass is 16.3. The van der Waals surface area contributed by atoms with Crippen molar-refractivity contribution in [2.24, 2.45) is 34.6 Å². The molecule has 3 rings (SSSR count). The Labute approximate surface area is 315 Å². The van der Waals surface area contributed by atoms with Gasteiger partial charge in [-0.15, -0.1) is 0 Å². The molecule has 5 amide bonds. The predicted octanol–water partition coefficient (Wildman–Crippen LogP) is -2.68. The van der Waals surface area contributed by atoms with Crippen LogP contribution in [0, 0.1) is 5.92 Å². The molecule has 0 radical (unpaired) electrons. The third-order valence-corrected chi connectivity index (χ3v) is 9.47. The van der Waals surface area contributed by atoms with E-state index in [2.05, 4.69) is 26.6 Å². The largest absolute Gasteiger partial charge is 0.508 e. The van der Waals surface area contributed by atoms with Gasteiger partial charge >= 0.3 is 0 Å². The van der Waals surface area contributed by atoms with Crippen LogP contribution in [0.5, 0.6) is 5.75 Å². The number of amides is 5. The molecule has 0 aliphatic carbocycles. The lowest BCUT2D eigenvalue weighted by atomic mass is 9.93. The quantitative estimate of drug-likeness (QED) is 0.0787. The number of fused-ring (bicyclic) bond motifs is 5. The molecular weight excluding hydrogens is 696 g/mol. The van der Waals surface area contributed by atoms with Crippen LogP contribution in [0.3, 0.4) is 0 Å². The van der Waals surface area contributed by atoms with E-state index in [1.165, 1.54) is 13.0 Å². The summed E-state index contributed by atoms with van der Waals surface area (Å²) in [5.74, 6) is -4.04. The Morgan fingerprint density at radius 1 is 0.889 bits per heavy atom.